The van der Waals surface area contributed by atoms with Crippen molar-refractivity contribution in [1.29, 1.82) is 0 Å². The van der Waals surface area contributed by atoms with Crippen LogP contribution in [0.4, 0.5) is 5.69 Å². The number of methoxy groups -OCH3 is 1. The molecule has 5 nitrogen and oxygen atoms in total. The Hall–Kier alpha value is -2.95. The third-order valence-corrected chi connectivity index (χ3v) is 3.47. The molecule has 0 aromatic heterocycles. The van der Waals surface area contributed by atoms with Crippen molar-refractivity contribution in [1.82, 2.24) is 0 Å². The zero-order valence-corrected chi connectivity index (χ0v) is 13.0. The Kier molecular flexibility index (Phi) is 5.25. The Morgan fingerprint density at radius 1 is 1.26 bits per heavy atom. The second kappa shape index (κ2) is 7.35. The van der Waals surface area contributed by atoms with Gasteiger partial charge in [-0.3, -0.25) is 14.9 Å². The van der Waals surface area contributed by atoms with E-state index in [0.717, 1.165) is 0 Å². The minimum atomic E-state index is -0.403. The van der Waals surface area contributed by atoms with Gasteiger partial charge < -0.3 is 4.74 Å². The second-order valence-corrected chi connectivity index (χ2v) is 4.93. The molecule has 0 N–H and O–H groups in total. The first-order valence-corrected chi connectivity index (χ1v) is 7.19. The summed E-state index contributed by atoms with van der Waals surface area (Å²) in [7, 11) is 1.54. The van der Waals surface area contributed by atoms with Gasteiger partial charge in [-0.25, -0.2) is 0 Å². The molecule has 0 saturated carbocycles. The van der Waals surface area contributed by atoms with E-state index in [0.29, 0.717) is 28.9 Å². The number of allylic oxidation sites excluding steroid dienone is 1. The third-order valence-electron chi connectivity index (χ3n) is 3.47. The van der Waals surface area contributed by atoms with Crippen molar-refractivity contribution in [3.8, 4) is 5.75 Å². The number of nitro benzene ring substituents is 1. The normalized spacial score (nSPS) is 10.7. The molecule has 0 bridgehead atoms. The number of nitro groups is 1. The molecule has 0 aliphatic carbocycles. The van der Waals surface area contributed by atoms with E-state index in [4.69, 9.17) is 4.74 Å². The SMILES string of the molecule is CCc1ccc(/C=C/C(=O)c2cccc(OC)c2)cc1[N+](=O)[O-]. The van der Waals surface area contributed by atoms with Gasteiger partial charge in [-0.2, -0.15) is 0 Å². The van der Waals surface area contributed by atoms with E-state index in [1.807, 2.05) is 6.92 Å². The van der Waals surface area contributed by atoms with E-state index >= 15 is 0 Å². The van der Waals surface area contributed by atoms with Crippen molar-refractivity contribution in [3.05, 3.63) is 75.3 Å². The predicted molar refractivity (Wildman–Crippen MR) is 88.8 cm³/mol. The molecule has 0 aliphatic rings. The molecule has 0 heterocycles. The molecule has 2 rings (SSSR count). The van der Waals surface area contributed by atoms with Crippen LogP contribution >= 0.6 is 0 Å². The number of rotatable bonds is 6. The topological polar surface area (TPSA) is 69.4 Å². The number of aryl methyl sites for hydroxylation is 1. The maximum atomic E-state index is 12.2. The zero-order chi connectivity index (χ0) is 16.8. The number of hydrogen-bond donors (Lipinski definition) is 0. The van der Waals surface area contributed by atoms with Crippen LogP contribution in [0.2, 0.25) is 0 Å². The van der Waals surface area contributed by atoms with Crippen molar-refractivity contribution < 1.29 is 14.5 Å². The molecular weight excluding hydrogens is 294 g/mol. The molecule has 0 unspecified atom stereocenters. The van der Waals surface area contributed by atoms with Crippen LogP contribution < -0.4 is 4.74 Å². The lowest BCUT2D eigenvalue weighted by Gasteiger charge is -2.02. The van der Waals surface area contributed by atoms with E-state index in [1.165, 1.54) is 19.3 Å². The van der Waals surface area contributed by atoms with Gasteiger partial charge in [0.05, 0.1) is 12.0 Å². The number of nitrogens with zero attached hydrogens (tertiary/aromatic N) is 1. The largest absolute Gasteiger partial charge is 0.497 e. The summed E-state index contributed by atoms with van der Waals surface area (Å²) in [5.74, 6) is 0.415. The highest BCUT2D eigenvalue weighted by atomic mass is 16.6. The van der Waals surface area contributed by atoms with E-state index in [-0.39, 0.29) is 11.5 Å². The van der Waals surface area contributed by atoms with Gasteiger partial charge >= 0.3 is 0 Å². The Balaban J connectivity index is 2.24. The van der Waals surface area contributed by atoms with Gasteiger partial charge in [0.1, 0.15) is 5.75 Å². The van der Waals surface area contributed by atoms with E-state index in [1.54, 1.807) is 42.5 Å². The van der Waals surface area contributed by atoms with Crippen LogP contribution in [0.5, 0.6) is 5.75 Å². The first-order chi connectivity index (χ1) is 11.0. The Labute approximate surface area is 134 Å². The first-order valence-electron chi connectivity index (χ1n) is 7.19. The maximum absolute atomic E-state index is 12.2. The average molecular weight is 311 g/mol. The molecule has 0 amide bonds. The van der Waals surface area contributed by atoms with Gasteiger partial charge in [0.2, 0.25) is 0 Å². The number of carbonyl (C=O) groups is 1. The smallest absolute Gasteiger partial charge is 0.273 e. The molecule has 0 spiro atoms. The molecular formula is C18H17NO4. The second-order valence-electron chi connectivity index (χ2n) is 4.93. The van der Waals surface area contributed by atoms with E-state index in [2.05, 4.69) is 0 Å². The minimum Gasteiger partial charge on any atom is -0.497 e. The van der Waals surface area contributed by atoms with Gasteiger partial charge in [0.25, 0.3) is 5.69 Å². The average Bonchev–Trinajstić information content (AvgIpc) is 2.59. The molecule has 2 aromatic rings. The van der Waals surface area contributed by atoms with E-state index < -0.39 is 4.92 Å². The molecule has 118 valence electrons. The third kappa shape index (κ3) is 4.03. The van der Waals surface area contributed by atoms with Crippen LogP contribution in [0.15, 0.2) is 48.5 Å². The number of carbonyl (C=O) groups excluding carboxylic acids is 1. The Morgan fingerprint density at radius 3 is 2.70 bits per heavy atom. The fraction of sp³-hybridized carbons (Fsp3) is 0.167. The summed E-state index contributed by atoms with van der Waals surface area (Å²) < 4.78 is 5.08. The van der Waals surface area contributed by atoms with Gasteiger partial charge in [-0.1, -0.05) is 37.3 Å². The van der Waals surface area contributed by atoms with Crippen molar-refractivity contribution in [2.75, 3.05) is 7.11 Å². The van der Waals surface area contributed by atoms with Gasteiger partial charge in [-0.05, 0) is 30.2 Å². The first kappa shape index (κ1) is 16.4. The van der Waals surface area contributed by atoms with Crippen LogP contribution in [0, 0.1) is 10.1 Å². The molecule has 23 heavy (non-hydrogen) atoms. The van der Waals surface area contributed by atoms with Crippen LogP contribution in [-0.4, -0.2) is 17.8 Å². The monoisotopic (exact) mass is 311 g/mol. The highest BCUT2D eigenvalue weighted by molar-refractivity contribution is 6.07. The van der Waals surface area contributed by atoms with Crippen molar-refractivity contribution >= 4 is 17.5 Å². The fourth-order valence-electron chi connectivity index (χ4n) is 2.20. The minimum absolute atomic E-state index is 0.0727. The van der Waals surface area contributed by atoms with Gasteiger partial charge in [0, 0.05) is 17.2 Å². The lowest BCUT2D eigenvalue weighted by molar-refractivity contribution is -0.385. The van der Waals surface area contributed by atoms with Crippen LogP contribution in [0.25, 0.3) is 6.08 Å². The molecule has 2 aromatic carbocycles. The number of ether oxygens (including phenoxy) is 1. The van der Waals surface area contributed by atoms with Crippen molar-refractivity contribution in [2.45, 2.75) is 13.3 Å². The van der Waals surface area contributed by atoms with Crippen molar-refractivity contribution in [3.63, 3.8) is 0 Å². The predicted octanol–water partition coefficient (Wildman–Crippen LogP) is 4.06. The lowest BCUT2D eigenvalue weighted by atomic mass is 10.1. The van der Waals surface area contributed by atoms with Gasteiger partial charge in [-0.15, -0.1) is 0 Å². The zero-order valence-electron chi connectivity index (χ0n) is 13.0. The quantitative estimate of drug-likeness (QED) is 0.349. The number of ketones is 1. The van der Waals surface area contributed by atoms with Gasteiger partial charge in [0.15, 0.2) is 5.78 Å². The Bertz CT molecular complexity index is 765. The number of hydrogen-bond acceptors (Lipinski definition) is 4. The summed E-state index contributed by atoms with van der Waals surface area (Å²) in [5.41, 5.74) is 1.86. The summed E-state index contributed by atoms with van der Waals surface area (Å²) in [6, 6.07) is 11.8. The van der Waals surface area contributed by atoms with Crippen LogP contribution in [0.3, 0.4) is 0 Å². The summed E-state index contributed by atoms with van der Waals surface area (Å²) in [6.45, 7) is 1.87. The summed E-state index contributed by atoms with van der Waals surface area (Å²) in [6.07, 6.45) is 3.57. The maximum Gasteiger partial charge on any atom is 0.273 e. The van der Waals surface area contributed by atoms with E-state index in [9.17, 15) is 14.9 Å². The molecule has 0 atom stereocenters. The van der Waals surface area contributed by atoms with Crippen LogP contribution in [-0.2, 0) is 6.42 Å². The highest BCUT2D eigenvalue weighted by Gasteiger charge is 2.12. The fourth-order valence-corrected chi connectivity index (χ4v) is 2.20. The standard InChI is InChI=1S/C18H17NO4/c1-3-14-9-7-13(11-17(14)19(21)22)8-10-18(20)15-5-4-6-16(12-15)23-2/h4-12H,3H2,1-2H3/b10-8+. The molecule has 5 heteroatoms. The summed E-state index contributed by atoms with van der Waals surface area (Å²) in [5, 5.41) is 11.1. The number of benzene rings is 2. The highest BCUT2D eigenvalue weighted by Crippen LogP contribution is 2.22. The van der Waals surface area contributed by atoms with Crippen molar-refractivity contribution in [2.24, 2.45) is 0 Å². The Morgan fingerprint density at radius 2 is 2.04 bits per heavy atom. The lowest BCUT2D eigenvalue weighted by Crippen LogP contribution is -1.96. The van der Waals surface area contributed by atoms with Crippen LogP contribution in [0.1, 0.15) is 28.4 Å². The molecule has 0 radical (unpaired) electrons. The molecule has 0 saturated heterocycles. The molecule has 0 fully saturated rings. The molecule has 0 aliphatic heterocycles. The summed E-state index contributed by atoms with van der Waals surface area (Å²) in [4.78, 5) is 22.8. The summed E-state index contributed by atoms with van der Waals surface area (Å²) >= 11 is 0.